The van der Waals surface area contributed by atoms with Gasteiger partial charge in [-0.2, -0.15) is 0 Å². The van der Waals surface area contributed by atoms with Gasteiger partial charge in [-0.05, 0) is 29.3 Å². The number of rotatable bonds is 5. The number of fused-ring (bicyclic) bond motifs is 1. The van der Waals surface area contributed by atoms with Crippen LogP contribution >= 0.6 is 0 Å². The van der Waals surface area contributed by atoms with Crippen LogP contribution in [0.1, 0.15) is 45.7 Å². The number of carbonyl (C=O) groups excluding carboxylic acids is 2. The number of carbonyl (C=O) groups is 2. The summed E-state index contributed by atoms with van der Waals surface area (Å²) in [7, 11) is 0. The fraction of sp³-hybridized carbons (Fsp3) is 0.400. The Hall–Kier alpha value is -2.36. The molecule has 0 aromatic heterocycles. The second-order valence-electron chi connectivity index (χ2n) is 7.15. The van der Waals surface area contributed by atoms with Crippen molar-refractivity contribution in [1.82, 2.24) is 10.6 Å². The van der Waals surface area contributed by atoms with Crippen LogP contribution in [-0.4, -0.2) is 18.4 Å². The van der Waals surface area contributed by atoms with Gasteiger partial charge in [0.15, 0.2) is 0 Å². The molecule has 0 saturated heterocycles. The van der Waals surface area contributed by atoms with Gasteiger partial charge in [-0.25, -0.2) is 0 Å². The molecule has 128 valence electrons. The molecule has 2 aromatic carbocycles. The molecule has 0 fully saturated rings. The Morgan fingerprint density at radius 3 is 2.38 bits per heavy atom. The lowest BCUT2D eigenvalue weighted by Crippen LogP contribution is -2.37. The van der Waals surface area contributed by atoms with Gasteiger partial charge in [0.1, 0.15) is 0 Å². The maximum atomic E-state index is 12.1. The SMILES string of the molecule is CC(NC(=O)CCNC(=O)C(C)(C)C)c1ccc2ccccc2c1. The van der Waals surface area contributed by atoms with Crippen LogP contribution in [0.5, 0.6) is 0 Å². The fourth-order valence-corrected chi connectivity index (χ4v) is 2.43. The van der Waals surface area contributed by atoms with Crippen molar-refractivity contribution in [3.05, 3.63) is 48.0 Å². The van der Waals surface area contributed by atoms with E-state index in [9.17, 15) is 9.59 Å². The smallest absolute Gasteiger partial charge is 0.225 e. The second-order valence-corrected chi connectivity index (χ2v) is 7.15. The molecule has 0 aliphatic rings. The molecule has 2 aromatic rings. The maximum absolute atomic E-state index is 12.1. The van der Waals surface area contributed by atoms with Crippen molar-refractivity contribution in [3.63, 3.8) is 0 Å². The zero-order valence-electron chi connectivity index (χ0n) is 14.8. The van der Waals surface area contributed by atoms with Crippen LogP contribution in [0.3, 0.4) is 0 Å². The van der Waals surface area contributed by atoms with E-state index in [1.54, 1.807) is 0 Å². The van der Waals surface area contributed by atoms with Crippen molar-refractivity contribution in [2.45, 2.75) is 40.2 Å². The first kappa shape index (κ1) is 18.0. The molecule has 4 nitrogen and oxygen atoms in total. The van der Waals surface area contributed by atoms with Crippen molar-refractivity contribution < 1.29 is 9.59 Å². The molecule has 4 heteroatoms. The van der Waals surface area contributed by atoms with Crippen LogP contribution < -0.4 is 10.6 Å². The third kappa shape index (κ3) is 4.82. The van der Waals surface area contributed by atoms with E-state index in [1.807, 2.05) is 45.9 Å². The summed E-state index contributed by atoms with van der Waals surface area (Å²) >= 11 is 0. The maximum Gasteiger partial charge on any atom is 0.225 e. The summed E-state index contributed by atoms with van der Waals surface area (Å²) in [6.07, 6.45) is 0.278. The Morgan fingerprint density at radius 1 is 1.04 bits per heavy atom. The summed E-state index contributed by atoms with van der Waals surface area (Å²) in [5, 5.41) is 8.12. The standard InChI is InChI=1S/C20H26N2O2/c1-14(16-10-9-15-7-5-6-8-17(15)13-16)22-18(23)11-12-21-19(24)20(2,3)4/h5-10,13-14H,11-12H2,1-4H3,(H,21,24)(H,22,23). The van der Waals surface area contributed by atoms with E-state index in [2.05, 4.69) is 34.9 Å². The van der Waals surface area contributed by atoms with E-state index in [0.717, 1.165) is 10.9 Å². The quantitative estimate of drug-likeness (QED) is 0.882. The third-order valence-corrected chi connectivity index (χ3v) is 3.97. The first-order valence-corrected chi connectivity index (χ1v) is 8.34. The van der Waals surface area contributed by atoms with Gasteiger partial charge < -0.3 is 10.6 Å². The van der Waals surface area contributed by atoms with Gasteiger partial charge >= 0.3 is 0 Å². The number of nitrogens with one attached hydrogen (secondary N) is 2. The molecule has 0 aliphatic carbocycles. The number of benzene rings is 2. The summed E-state index contributed by atoms with van der Waals surface area (Å²) in [6.45, 7) is 7.88. The fourth-order valence-electron chi connectivity index (χ4n) is 2.43. The topological polar surface area (TPSA) is 58.2 Å². The summed E-state index contributed by atoms with van der Waals surface area (Å²) < 4.78 is 0. The summed E-state index contributed by atoms with van der Waals surface area (Å²) in [5.74, 6) is -0.109. The minimum Gasteiger partial charge on any atom is -0.355 e. The molecule has 2 N–H and O–H groups in total. The molecule has 2 rings (SSSR count). The predicted octanol–water partition coefficient (Wildman–Crippen LogP) is 3.57. The Kier molecular flexibility index (Phi) is 5.60. The van der Waals surface area contributed by atoms with Gasteiger partial charge in [0, 0.05) is 18.4 Å². The number of hydrogen-bond donors (Lipinski definition) is 2. The van der Waals surface area contributed by atoms with Gasteiger partial charge in [0.25, 0.3) is 0 Å². The molecule has 0 aliphatic heterocycles. The Bertz CT molecular complexity index is 732. The van der Waals surface area contributed by atoms with Gasteiger partial charge in [-0.3, -0.25) is 9.59 Å². The largest absolute Gasteiger partial charge is 0.355 e. The van der Waals surface area contributed by atoms with Crippen LogP contribution in [0.25, 0.3) is 10.8 Å². The Labute approximate surface area is 143 Å². The molecular formula is C20H26N2O2. The van der Waals surface area contributed by atoms with Gasteiger partial charge in [0.05, 0.1) is 6.04 Å². The van der Waals surface area contributed by atoms with Crippen LogP contribution in [0.15, 0.2) is 42.5 Å². The lowest BCUT2D eigenvalue weighted by Gasteiger charge is -2.18. The van der Waals surface area contributed by atoms with E-state index < -0.39 is 5.41 Å². The van der Waals surface area contributed by atoms with Crippen molar-refractivity contribution in [1.29, 1.82) is 0 Å². The lowest BCUT2D eigenvalue weighted by molar-refractivity contribution is -0.128. The zero-order chi connectivity index (χ0) is 17.7. The third-order valence-electron chi connectivity index (χ3n) is 3.97. The van der Waals surface area contributed by atoms with E-state index >= 15 is 0 Å². The molecule has 24 heavy (non-hydrogen) atoms. The van der Waals surface area contributed by atoms with E-state index in [1.165, 1.54) is 5.39 Å². The van der Waals surface area contributed by atoms with Crippen molar-refractivity contribution in [3.8, 4) is 0 Å². The average molecular weight is 326 g/mol. The van der Waals surface area contributed by atoms with Gasteiger partial charge in [-0.1, -0.05) is 57.2 Å². The van der Waals surface area contributed by atoms with Crippen LogP contribution in [-0.2, 0) is 9.59 Å². The average Bonchev–Trinajstić information content (AvgIpc) is 2.53. The molecule has 0 spiro atoms. The minimum atomic E-state index is -0.436. The number of amides is 2. The predicted molar refractivity (Wildman–Crippen MR) is 97.6 cm³/mol. The first-order valence-electron chi connectivity index (χ1n) is 8.34. The van der Waals surface area contributed by atoms with E-state index in [-0.39, 0.29) is 24.3 Å². The highest BCUT2D eigenvalue weighted by atomic mass is 16.2. The van der Waals surface area contributed by atoms with Crippen LogP contribution in [0, 0.1) is 5.41 Å². The summed E-state index contributed by atoms with van der Waals surface area (Å²) in [5.41, 5.74) is 0.635. The lowest BCUT2D eigenvalue weighted by atomic mass is 9.96. The van der Waals surface area contributed by atoms with Crippen LogP contribution in [0.4, 0.5) is 0 Å². The van der Waals surface area contributed by atoms with Crippen molar-refractivity contribution >= 4 is 22.6 Å². The minimum absolute atomic E-state index is 0.0436. The monoisotopic (exact) mass is 326 g/mol. The highest BCUT2D eigenvalue weighted by Gasteiger charge is 2.20. The highest BCUT2D eigenvalue weighted by molar-refractivity contribution is 5.84. The molecule has 1 atom stereocenters. The Balaban J connectivity index is 1.87. The van der Waals surface area contributed by atoms with Gasteiger partial charge in [-0.15, -0.1) is 0 Å². The first-order chi connectivity index (χ1) is 11.3. The molecule has 0 bridgehead atoms. The Morgan fingerprint density at radius 2 is 1.71 bits per heavy atom. The molecule has 1 unspecified atom stereocenters. The summed E-state index contributed by atoms with van der Waals surface area (Å²) in [6, 6.07) is 14.3. The molecule has 2 amide bonds. The molecule has 0 saturated carbocycles. The zero-order valence-corrected chi connectivity index (χ0v) is 14.8. The normalized spacial score (nSPS) is 12.7. The molecule has 0 radical (unpaired) electrons. The molecule has 0 heterocycles. The van der Waals surface area contributed by atoms with Crippen molar-refractivity contribution in [2.75, 3.05) is 6.54 Å². The summed E-state index contributed by atoms with van der Waals surface area (Å²) in [4.78, 5) is 23.8. The van der Waals surface area contributed by atoms with Crippen LogP contribution in [0.2, 0.25) is 0 Å². The van der Waals surface area contributed by atoms with Gasteiger partial charge in [0.2, 0.25) is 11.8 Å². The molecular weight excluding hydrogens is 300 g/mol. The van der Waals surface area contributed by atoms with Crippen molar-refractivity contribution in [2.24, 2.45) is 5.41 Å². The van der Waals surface area contributed by atoms with E-state index in [0.29, 0.717) is 6.54 Å². The highest BCUT2D eigenvalue weighted by Crippen LogP contribution is 2.20. The second kappa shape index (κ2) is 7.47. The van der Waals surface area contributed by atoms with E-state index in [4.69, 9.17) is 0 Å². The number of hydrogen-bond acceptors (Lipinski definition) is 2.